The van der Waals surface area contributed by atoms with Crippen LogP contribution in [0.3, 0.4) is 0 Å². The molecule has 7 nitrogen and oxygen atoms in total. The topological polar surface area (TPSA) is 84.0 Å². The summed E-state index contributed by atoms with van der Waals surface area (Å²) in [4.78, 5) is 26.1. The number of fused-ring (bicyclic) bond motifs is 1. The number of nitrogens with zero attached hydrogens (tertiary/aromatic N) is 4. The second kappa shape index (κ2) is 10.2. The fourth-order valence-electron chi connectivity index (χ4n) is 4.83. The Balaban J connectivity index is 1.29. The second-order valence-electron chi connectivity index (χ2n) is 9.28. The first kappa shape index (κ1) is 22.9. The van der Waals surface area contributed by atoms with Crippen LogP contribution in [0.5, 0.6) is 11.5 Å². The molecule has 1 saturated carbocycles. The van der Waals surface area contributed by atoms with Gasteiger partial charge in [-0.2, -0.15) is 0 Å². The maximum atomic E-state index is 13.1. The largest absolute Gasteiger partial charge is 0.457 e. The van der Waals surface area contributed by atoms with E-state index < -0.39 is 0 Å². The number of nitrogens with two attached hydrogens (primary N) is 1. The van der Waals surface area contributed by atoms with E-state index in [2.05, 4.69) is 9.98 Å². The lowest BCUT2D eigenvalue weighted by molar-refractivity contribution is 0.0696. The summed E-state index contributed by atoms with van der Waals surface area (Å²) in [5.41, 5.74) is 9.60. The number of ether oxygens (including phenoxy) is 1. The molecule has 0 atom stereocenters. The van der Waals surface area contributed by atoms with E-state index >= 15 is 0 Å². The number of hydrogen-bond acceptors (Lipinski definition) is 6. The van der Waals surface area contributed by atoms with Crippen molar-refractivity contribution in [3.63, 3.8) is 0 Å². The third-order valence-corrected chi connectivity index (χ3v) is 6.81. The summed E-state index contributed by atoms with van der Waals surface area (Å²) < 4.78 is 5.99. The number of hydrogen-bond donors (Lipinski definition) is 1. The van der Waals surface area contributed by atoms with Gasteiger partial charge >= 0.3 is 0 Å². The zero-order valence-electron chi connectivity index (χ0n) is 20.1. The van der Waals surface area contributed by atoms with Crippen LogP contribution in [0.25, 0.3) is 0 Å². The van der Waals surface area contributed by atoms with Crippen LogP contribution in [0, 0.1) is 0 Å². The van der Waals surface area contributed by atoms with Gasteiger partial charge in [0.25, 0.3) is 5.91 Å². The number of amides is 1. The van der Waals surface area contributed by atoms with Crippen molar-refractivity contribution in [1.29, 1.82) is 0 Å². The summed E-state index contributed by atoms with van der Waals surface area (Å²) in [6.07, 6.45) is 7.51. The predicted octanol–water partition coefficient (Wildman–Crippen LogP) is 5.24. The average molecular weight is 470 g/mol. The summed E-state index contributed by atoms with van der Waals surface area (Å²) in [6.45, 7) is 1.05. The van der Waals surface area contributed by atoms with Crippen LogP contribution in [-0.4, -0.2) is 39.7 Å². The maximum Gasteiger partial charge on any atom is 0.253 e. The SMILES string of the molecule is CN(C(=O)c1ccnc(CN2Cc3cc(Oc4ccccc4)ccc3N=C2N)c1)C1CCCCC1. The average Bonchev–Trinajstić information content (AvgIpc) is 2.90. The number of carbonyl (C=O) groups excluding carboxylic acids is 1. The van der Waals surface area contributed by atoms with Crippen LogP contribution in [0.2, 0.25) is 0 Å². The van der Waals surface area contributed by atoms with Crippen molar-refractivity contribution in [2.45, 2.75) is 51.2 Å². The van der Waals surface area contributed by atoms with E-state index in [9.17, 15) is 4.79 Å². The molecule has 7 heteroatoms. The normalized spacial score (nSPS) is 15.8. The monoisotopic (exact) mass is 469 g/mol. The van der Waals surface area contributed by atoms with Crippen LogP contribution >= 0.6 is 0 Å². The van der Waals surface area contributed by atoms with Gasteiger partial charge in [0, 0.05) is 37.0 Å². The molecule has 1 aliphatic heterocycles. The number of para-hydroxylation sites is 1. The van der Waals surface area contributed by atoms with Crippen LogP contribution in [0.1, 0.15) is 53.7 Å². The number of aliphatic imine (C=N–C) groups is 1. The van der Waals surface area contributed by atoms with Crippen LogP contribution in [0.15, 0.2) is 71.9 Å². The Kier molecular flexibility index (Phi) is 6.66. The third kappa shape index (κ3) is 5.29. The summed E-state index contributed by atoms with van der Waals surface area (Å²) in [7, 11) is 1.92. The van der Waals surface area contributed by atoms with Crippen LogP contribution in [-0.2, 0) is 13.1 Å². The van der Waals surface area contributed by atoms with Crippen molar-refractivity contribution in [2.75, 3.05) is 7.05 Å². The highest BCUT2D eigenvalue weighted by molar-refractivity contribution is 5.94. The van der Waals surface area contributed by atoms with E-state index in [1.807, 2.05) is 71.4 Å². The summed E-state index contributed by atoms with van der Waals surface area (Å²) in [5.74, 6) is 2.02. The smallest absolute Gasteiger partial charge is 0.253 e. The minimum Gasteiger partial charge on any atom is -0.457 e. The molecular formula is C28H31N5O2. The lowest BCUT2D eigenvalue weighted by Gasteiger charge is -2.31. The lowest BCUT2D eigenvalue weighted by Crippen LogP contribution is -2.39. The summed E-state index contributed by atoms with van der Waals surface area (Å²) in [5, 5.41) is 0. The fourth-order valence-corrected chi connectivity index (χ4v) is 4.83. The first-order valence-electron chi connectivity index (χ1n) is 12.2. The van der Waals surface area contributed by atoms with Gasteiger partial charge in [0.1, 0.15) is 11.5 Å². The van der Waals surface area contributed by atoms with Crippen molar-refractivity contribution in [3.05, 3.63) is 83.7 Å². The minimum absolute atomic E-state index is 0.0499. The Labute approximate surface area is 206 Å². The first-order valence-corrected chi connectivity index (χ1v) is 12.2. The lowest BCUT2D eigenvalue weighted by atomic mass is 9.94. The molecule has 0 radical (unpaired) electrons. The number of pyridine rings is 1. The molecule has 1 fully saturated rings. The van der Waals surface area contributed by atoms with E-state index in [0.717, 1.165) is 41.3 Å². The van der Waals surface area contributed by atoms with E-state index in [1.165, 1.54) is 19.3 Å². The molecule has 2 heterocycles. The third-order valence-electron chi connectivity index (χ3n) is 6.81. The summed E-state index contributed by atoms with van der Waals surface area (Å²) >= 11 is 0. The van der Waals surface area contributed by atoms with Crippen molar-refractivity contribution in [3.8, 4) is 11.5 Å². The molecule has 180 valence electrons. The van der Waals surface area contributed by atoms with Gasteiger partial charge in [-0.25, -0.2) is 4.99 Å². The number of benzene rings is 2. The Morgan fingerprint density at radius 3 is 2.66 bits per heavy atom. The quantitative estimate of drug-likeness (QED) is 0.534. The molecule has 3 aromatic rings. The molecule has 1 amide bonds. The molecule has 2 aromatic carbocycles. The van der Waals surface area contributed by atoms with Gasteiger partial charge in [-0.15, -0.1) is 0 Å². The van der Waals surface area contributed by atoms with Gasteiger partial charge in [0.2, 0.25) is 0 Å². The first-order chi connectivity index (χ1) is 17.1. The molecule has 35 heavy (non-hydrogen) atoms. The van der Waals surface area contributed by atoms with Crippen molar-refractivity contribution < 1.29 is 9.53 Å². The van der Waals surface area contributed by atoms with E-state index in [4.69, 9.17) is 10.5 Å². The number of guanidine groups is 1. The molecule has 0 spiro atoms. The standard InChI is InChI=1S/C28H31N5O2/c1-32(23-8-4-2-5-9-23)27(34)20-14-15-30-22(16-20)19-33-18-21-17-25(12-13-26(21)31-28(33)29)35-24-10-6-3-7-11-24/h3,6-7,10-17,23H,2,4-5,8-9,18-19H2,1H3,(H2,29,31). The molecule has 0 bridgehead atoms. The predicted molar refractivity (Wildman–Crippen MR) is 137 cm³/mol. The zero-order valence-corrected chi connectivity index (χ0v) is 20.1. The van der Waals surface area contributed by atoms with Gasteiger partial charge < -0.3 is 20.3 Å². The van der Waals surface area contributed by atoms with Crippen molar-refractivity contribution in [2.24, 2.45) is 10.7 Å². The Bertz CT molecular complexity index is 1220. The number of aromatic nitrogens is 1. The van der Waals surface area contributed by atoms with Crippen LogP contribution in [0.4, 0.5) is 5.69 Å². The highest BCUT2D eigenvalue weighted by Crippen LogP contribution is 2.32. The van der Waals surface area contributed by atoms with Gasteiger partial charge in [-0.1, -0.05) is 37.5 Å². The Morgan fingerprint density at radius 1 is 1.06 bits per heavy atom. The van der Waals surface area contributed by atoms with Gasteiger partial charge in [-0.05, 0) is 55.3 Å². The maximum absolute atomic E-state index is 13.1. The second-order valence-corrected chi connectivity index (χ2v) is 9.28. The molecule has 2 N–H and O–H groups in total. The molecule has 0 saturated heterocycles. The van der Waals surface area contributed by atoms with E-state index in [-0.39, 0.29) is 5.91 Å². The van der Waals surface area contributed by atoms with Gasteiger partial charge in [-0.3, -0.25) is 9.78 Å². The molecule has 2 aliphatic rings. The molecular weight excluding hydrogens is 438 g/mol. The van der Waals surface area contributed by atoms with Crippen molar-refractivity contribution in [1.82, 2.24) is 14.8 Å². The minimum atomic E-state index is 0.0499. The van der Waals surface area contributed by atoms with Gasteiger partial charge in [0.15, 0.2) is 5.96 Å². The highest BCUT2D eigenvalue weighted by Gasteiger charge is 2.24. The fraction of sp³-hybridized carbons (Fsp3) is 0.321. The van der Waals surface area contributed by atoms with Crippen LogP contribution < -0.4 is 10.5 Å². The molecule has 1 aromatic heterocycles. The number of carbonyl (C=O) groups is 1. The highest BCUT2D eigenvalue weighted by atomic mass is 16.5. The zero-order chi connectivity index (χ0) is 24.2. The summed E-state index contributed by atoms with van der Waals surface area (Å²) in [6, 6.07) is 19.5. The number of rotatable bonds is 6. The molecule has 5 rings (SSSR count). The Morgan fingerprint density at radius 2 is 1.86 bits per heavy atom. The van der Waals surface area contributed by atoms with E-state index in [0.29, 0.717) is 30.7 Å². The molecule has 0 unspecified atom stereocenters. The van der Waals surface area contributed by atoms with Gasteiger partial charge in [0.05, 0.1) is 17.9 Å². The molecule has 1 aliphatic carbocycles. The Hall–Kier alpha value is -3.87. The van der Waals surface area contributed by atoms with E-state index in [1.54, 1.807) is 12.3 Å². The van der Waals surface area contributed by atoms with Crippen molar-refractivity contribution >= 4 is 17.6 Å².